The van der Waals surface area contributed by atoms with E-state index in [-0.39, 0.29) is 18.5 Å². The molecular weight excluding hydrogens is 407 g/mol. The second-order valence-electron chi connectivity index (χ2n) is 7.64. The van der Waals surface area contributed by atoms with E-state index in [9.17, 15) is 18.0 Å². The molecule has 1 aromatic carbocycles. The number of fused-ring (bicyclic) bond motifs is 1. The van der Waals surface area contributed by atoms with E-state index < -0.39 is 12.6 Å². The van der Waals surface area contributed by atoms with E-state index in [0.29, 0.717) is 28.3 Å². The number of nitrogens with one attached hydrogen (secondary N) is 2. The molecule has 3 aromatic rings. The van der Waals surface area contributed by atoms with E-state index in [1.807, 2.05) is 19.1 Å². The number of halogens is 3. The van der Waals surface area contributed by atoms with Crippen molar-refractivity contribution < 1.29 is 18.0 Å². The molecule has 162 valence electrons. The number of nitrogens with zero attached hydrogens (tertiary/aromatic N) is 3. The molecule has 9 heteroatoms. The van der Waals surface area contributed by atoms with Gasteiger partial charge in [-0.3, -0.25) is 4.79 Å². The standard InChI is InChI=1S/C22H22F3N5O/c1-3-15-11-18(26-9-8-22(23,24)25)20-27-12-19(30(20)29-15)14-4-7-17(13(2)10-14)21(31)28-16-5-6-16/h3-4,7,10-12,16,26H,1,5-6,8-9H2,2H3,(H,28,31). The number of imidazole rings is 1. The fourth-order valence-electron chi connectivity index (χ4n) is 3.32. The Kier molecular flexibility index (Phi) is 5.43. The number of rotatable bonds is 7. The Morgan fingerprint density at radius 2 is 2.10 bits per heavy atom. The summed E-state index contributed by atoms with van der Waals surface area (Å²) in [6.45, 7) is 5.30. The number of aromatic nitrogens is 3. The highest BCUT2D eigenvalue weighted by Crippen LogP contribution is 2.28. The van der Waals surface area contributed by atoms with E-state index in [1.54, 1.807) is 22.8 Å². The summed E-state index contributed by atoms with van der Waals surface area (Å²) in [4.78, 5) is 16.7. The van der Waals surface area contributed by atoms with Gasteiger partial charge in [-0.1, -0.05) is 12.6 Å². The molecule has 1 fully saturated rings. The van der Waals surface area contributed by atoms with Crippen LogP contribution < -0.4 is 10.6 Å². The molecule has 0 saturated heterocycles. The monoisotopic (exact) mass is 429 g/mol. The maximum Gasteiger partial charge on any atom is 0.390 e. The number of carbonyl (C=O) groups is 1. The highest BCUT2D eigenvalue weighted by Gasteiger charge is 2.27. The van der Waals surface area contributed by atoms with E-state index in [0.717, 1.165) is 24.0 Å². The highest BCUT2D eigenvalue weighted by molar-refractivity contribution is 5.96. The molecule has 1 amide bonds. The topological polar surface area (TPSA) is 71.3 Å². The summed E-state index contributed by atoms with van der Waals surface area (Å²) < 4.78 is 39.2. The summed E-state index contributed by atoms with van der Waals surface area (Å²) >= 11 is 0. The summed E-state index contributed by atoms with van der Waals surface area (Å²) in [5.41, 5.74) is 4.23. The minimum Gasteiger partial charge on any atom is -0.382 e. The molecular formula is C22H22F3N5O. The van der Waals surface area contributed by atoms with E-state index in [4.69, 9.17) is 0 Å². The summed E-state index contributed by atoms with van der Waals surface area (Å²) in [6, 6.07) is 7.35. The van der Waals surface area contributed by atoms with E-state index in [2.05, 4.69) is 27.3 Å². The zero-order valence-corrected chi connectivity index (χ0v) is 17.0. The van der Waals surface area contributed by atoms with E-state index in [1.165, 1.54) is 6.08 Å². The van der Waals surface area contributed by atoms with Crippen LogP contribution in [-0.4, -0.2) is 39.3 Å². The van der Waals surface area contributed by atoms with Crippen LogP contribution in [0.4, 0.5) is 18.9 Å². The SMILES string of the molecule is C=Cc1cc(NCCC(F)(F)F)c2ncc(-c3ccc(C(=O)NC4CC4)c(C)c3)n2n1. The first-order chi connectivity index (χ1) is 14.7. The first kappa shape index (κ1) is 20.9. The lowest BCUT2D eigenvalue weighted by molar-refractivity contribution is -0.131. The van der Waals surface area contributed by atoms with Crippen LogP contribution in [0.2, 0.25) is 0 Å². The number of benzene rings is 1. The Bertz CT molecular complexity index is 1150. The Balaban J connectivity index is 1.66. The van der Waals surface area contributed by atoms with Gasteiger partial charge < -0.3 is 10.6 Å². The Morgan fingerprint density at radius 1 is 1.32 bits per heavy atom. The van der Waals surface area contributed by atoms with Gasteiger partial charge in [-0.2, -0.15) is 18.3 Å². The van der Waals surface area contributed by atoms with Crippen molar-refractivity contribution in [3.8, 4) is 11.3 Å². The average Bonchev–Trinajstić information content (AvgIpc) is 3.41. The van der Waals surface area contributed by atoms with Crippen molar-refractivity contribution in [1.29, 1.82) is 0 Å². The minimum atomic E-state index is -4.25. The van der Waals surface area contributed by atoms with Gasteiger partial charge in [0.15, 0.2) is 5.65 Å². The molecule has 2 heterocycles. The molecule has 0 unspecified atom stereocenters. The van der Waals surface area contributed by atoms with Crippen LogP contribution in [0.15, 0.2) is 37.0 Å². The number of amides is 1. The van der Waals surface area contributed by atoms with Gasteiger partial charge in [0.25, 0.3) is 5.91 Å². The van der Waals surface area contributed by atoms with Crippen molar-refractivity contribution in [3.05, 3.63) is 53.9 Å². The average molecular weight is 429 g/mol. The maximum absolute atomic E-state index is 12.5. The zero-order chi connectivity index (χ0) is 22.2. The molecule has 1 aliphatic rings. The Morgan fingerprint density at radius 3 is 2.74 bits per heavy atom. The predicted octanol–water partition coefficient (Wildman–Crippen LogP) is 4.60. The van der Waals surface area contributed by atoms with Gasteiger partial charge in [-0.25, -0.2) is 9.50 Å². The zero-order valence-electron chi connectivity index (χ0n) is 17.0. The van der Waals surface area contributed by atoms with Crippen LogP contribution in [0, 0.1) is 6.92 Å². The lowest BCUT2D eigenvalue weighted by atomic mass is 10.0. The van der Waals surface area contributed by atoms with Gasteiger partial charge in [0.2, 0.25) is 0 Å². The maximum atomic E-state index is 12.5. The molecule has 0 bridgehead atoms. The molecule has 0 spiro atoms. The van der Waals surface area contributed by atoms with Crippen molar-refractivity contribution in [2.75, 3.05) is 11.9 Å². The minimum absolute atomic E-state index is 0.0899. The number of alkyl halides is 3. The third-order valence-electron chi connectivity index (χ3n) is 5.10. The second-order valence-corrected chi connectivity index (χ2v) is 7.64. The van der Waals surface area contributed by atoms with E-state index >= 15 is 0 Å². The molecule has 4 rings (SSSR count). The number of hydrogen-bond acceptors (Lipinski definition) is 4. The highest BCUT2D eigenvalue weighted by atomic mass is 19.4. The van der Waals surface area contributed by atoms with Crippen LogP contribution in [-0.2, 0) is 0 Å². The number of hydrogen-bond donors (Lipinski definition) is 2. The number of aryl methyl sites for hydroxylation is 1. The summed E-state index contributed by atoms with van der Waals surface area (Å²) in [5.74, 6) is -0.0899. The fourth-order valence-corrected chi connectivity index (χ4v) is 3.32. The van der Waals surface area contributed by atoms with Crippen molar-refractivity contribution in [3.63, 3.8) is 0 Å². The van der Waals surface area contributed by atoms with Gasteiger partial charge in [0, 0.05) is 23.7 Å². The molecule has 0 radical (unpaired) electrons. The number of carbonyl (C=O) groups excluding carboxylic acids is 1. The molecule has 2 aromatic heterocycles. The third-order valence-corrected chi connectivity index (χ3v) is 5.10. The first-order valence-electron chi connectivity index (χ1n) is 9.99. The van der Waals surface area contributed by atoms with Gasteiger partial charge in [0.1, 0.15) is 0 Å². The van der Waals surface area contributed by atoms with Crippen molar-refractivity contribution in [2.45, 2.75) is 38.4 Å². The lowest BCUT2D eigenvalue weighted by Crippen LogP contribution is -2.26. The third kappa shape index (κ3) is 4.70. The number of anilines is 1. The van der Waals surface area contributed by atoms with Crippen molar-refractivity contribution in [2.24, 2.45) is 0 Å². The Labute approximate surface area is 177 Å². The fraction of sp³-hybridized carbons (Fsp3) is 0.318. The van der Waals surface area contributed by atoms with Crippen molar-refractivity contribution in [1.82, 2.24) is 19.9 Å². The van der Waals surface area contributed by atoms with Crippen LogP contribution in [0.1, 0.15) is 40.9 Å². The summed E-state index contributed by atoms with van der Waals surface area (Å²) in [7, 11) is 0. The lowest BCUT2D eigenvalue weighted by Gasteiger charge is -2.12. The molecule has 0 aliphatic heterocycles. The predicted molar refractivity (Wildman–Crippen MR) is 113 cm³/mol. The largest absolute Gasteiger partial charge is 0.390 e. The van der Waals surface area contributed by atoms with Gasteiger partial charge >= 0.3 is 6.18 Å². The van der Waals surface area contributed by atoms with Crippen molar-refractivity contribution >= 4 is 23.3 Å². The second kappa shape index (κ2) is 8.05. The Hall–Kier alpha value is -3.36. The van der Waals surface area contributed by atoms with Crippen LogP contribution >= 0.6 is 0 Å². The normalized spacial score (nSPS) is 13.9. The summed E-state index contributed by atoms with van der Waals surface area (Å²) in [5, 5.41) is 10.3. The van der Waals surface area contributed by atoms with Gasteiger partial charge in [0.05, 0.1) is 29.7 Å². The smallest absolute Gasteiger partial charge is 0.382 e. The molecule has 1 saturated carbocycles. The van der Waals surface area contributed by atoms with Crippen LogP contribution in [0.3, 0.4) is 0 Å². The van der Waals surface area contributed by atoms with Crippen LogP contribution in [0.25, 0.3) is 23.0 Å². The van der Waals surface area contributed by atoms with Gasteiger partial charge in [-0.05, 0) is 49.6 Å². The quantitative estimate of drug-likeness (QED) is 0.576. The van der Waals surface area contributed by atoms with Gasteiger partial charge in [-0.15, -0.1) is 0 Å². The molecule has 6 nitrogen and oxygen atoms in total. The van der Waals surface area contributed by atoms with Crippen LogP contribution in [0.5, 0.6) is 0 Å². The molecule has 31 heavy (non-hydrogen) atoms. The molecule has 2 N–H and O–H groups in total. The molecule has 1 aliphatic carbocycles. The molecule has 0 atom stereocenters. The first-order valence-corrected chi connectivity index (χ1v) is 9.99. The summed E-state index contributed by atoms with van der Waals surface area (Å²) in [6.07, 6.45) is -0.0362.